The third-order valence-electron chi connectivity index (χ3n) is 5.74. The second-order valence-corrected chi connectivity index (χ2v) is 9.96. The number of alkyl carbamates (subject to hydrolysis) is 1. The zero-order valence-electron chi connectivity index (χ0n) is 23.4. The van der Waals surface area contributed by atoms with Gasteiger partial charge < -0.3 is 31.7 Å². The van der Waals surface area contributed by atoms with Crippen LogP contribution >= 0.6 is 0 Å². The molecular weight excluding hydrogens is 506 g/mol. The lowest BCUT2D eigenvalue weighted by Gasteiger charge is -2.27. The smallest absolute Gasteiger partial charge is 0.407 e. The van der Waals surface area contributed by atoms with E-state index in [4.69, 9.17) is 10.5 Å². The topological polar surface area (TPSA) is 186 Å². The summed E-state index contributed by atoms with van der Waals surface area (Å²) in [6.45, 7) is 10.2. The molecule has 0 radical (unpaired) electrons. The Labute approximate surface area is 229 Å². The van der Waals surface area contributed by atoms with Gasteiger partial charge in [0, 0.05) is 12.0 Å². The molecule has 6 N–H and O–H groups in total. The molecule has 1 aromatic carbocycles. The van der Waals surface area contributed by atoms with Crippen LogP contribution in [-0.2, 0) is 23.9 Å². The summed E-state index contributed by atoms with van der Waals surface area (Å²) >= 11 is 0. The predicted molar refractivity (Wildman–Crippen MR) is 144 cm³/mol. The Morgan fingerprint density at radius 3 is 1.92 bits per heavy atom. The Hall–Kier alpha value is -3.96. The first-order valence-electron chi connectivity index (χ1n) is 13.0. The van der Waals surface area contributed by atoms with Crippen LogP contribution < -0.4 is 27.0 Å². The Morgan fingerprint density at radius 1 is 0.795 bits per heavy atom. The van der Waals surface area contributed by atoms with Gasteiger partial charge in [-0.25, -0.2) is 4.79 Å². The number of carbonyl (C=O) groups is 6. The SMILES string of the molecule is CCOC(=O)N[C@H](CC(=O)c1ccccc1)C(=O)N[C@H](C(=O)N[C@@H](C)C(=O)N[C@@H](CC(C)C)C(N)=O)C(C)C. The van der Waals surface area contributed by atoms with Crippen molar-refractivity contribution in [3.8, 4) is 0 Å². The van der Waals surface area contributed by atoms with Crippen molar-refractivity contribution >= 4 is 35.5 Å². The number of amides is 5. The van der Waals surface area contributed by atoms with Gasteiger partial charge in [0.1, 0.15) is 24.2 Å². The highest BCUT2D eigenvalue weighted by atomic mass is 16.5. The molecule has 0 aliphatic rings. The number of Topliss-reactive ketones (excluding diaryl/α,β-unsaturated/α-hetero) is 1. The summed E-state index contributed by atoms with van der Waals surface area (Å²) in [5.41, 5.74) is 5.73. The minimum absolute atomic E-state index is 0.0531. The van der Waals surface area contributed by atoms with Gasteiger partial charge >= 0.3 is 6.09 Å². The molecule has 0 saturated carbocycles. The van der Waals surface area contributed by atoms with Gasteiger partial charge in [-0.05, 0) is 32.1 Å². The molecule has 39 heavy (non-hydrogen) atoms. The Morgan fingerprint density at radius 2 is 1.41 bits per heavy atom. The van der Waals surface area contributed by atoms with E-state index in [1.807, 2.05) is 13.8 Å². The summed E-state index contributed by atoms with van der Waals surface area (Å²) in [4.78, 5) is 75.3. The van der Waals surface area contributed by atoms with Crippen LogP contribution in [0.4, 0.5) is 4.79 Å². The number of hydrogen-bond acceptors (Lipinski definition) is 7. The molecule has 12 nitrogen and oxygen atoms in total. The fourth-order valence-electron chi connectivity index (χ4n) is 3.62. The molecule has 0 heterocycles. The molecule has 4 atom stereocenters. The highest BCUT2D eigenvalue weighted by molar-refractivity contribution is 6.01. The van der Waals surface area contributed by atoms with Gasteiger partial charge in [0.25, 0.3) is 0 Å². The van der Waals surface area contributed by atoms with E-state index < -0.39 is 65.6 Å². The number of ether oxygens (including phenoxy) is 1. The van der Waals surface area contributed by atoms with Crippen molar-refractivity contribution in [2.45, 2.75) is 78.6 Å². The highest BCUT2D eigenvalue weighted by Crippen LogP contribution is 2.09. The summed E-state index contributed by atoms with van der Waals surface area (Å²) < 4.78 is 4.86. The Balaban J connectivity index is 2.98. The second-order valence-electron chi connectivity index (χ2n) is 9.96. The maximum Gasteiger partial charge on any atom is 0.407 e. The number of nitrogens with one attached hydrogen (secondary N) is 4. The molecule has 1 rings (SSSR count). The summed E-state index contributed by atoms with van der Waals surface area (Å²) in [6, 6.07) is 3.89. The van der Waals surface area contributed by atoms with E-state index in [-0.39, 0.29) is 18.9 Å². The molecule has 0 aromatic heterocycles. The van der Waals surface area contributed by atoms with Gasteiger partial charge in [-0.1, -0.05) is 58.0 Å². The molecule has 0 saturated heterocycles. The van der Waals surface area contributed by atoms with Crippen molar-refractivity contribution in [3.63, 3.8) is 0 Å². The van der Waals surface area contributed by atoms with Gasteiger partial charge in [0.05, 0.1) is 6.61 Å². The van der Waals surface area contributed by atoms with E-state index in [0.29, 0.717) is 12.0 Å². The van der Waals surface area contributed by atoms with Gasteiger partial charge in [-0.3, -0.25) is 24.0 Å². The molecule has 0 aliphatic carbocycles. The van der Waals surface area contributed by atoms with Crippen molar-refractivity contribution in [2.24, 2.45) is 17.6 Å². The van der Waals surface area contributed by atoms with Crippen LogP contribution in [0.3, 0.4) is 0 Å². The van der Waals surface area contributed by atoms with E-state index in [1.165, 1.54) is 6.92 Å². The van der Waals surface area contributed by atoms with Crippen LogP contribution in [-0.4, -0.2) is 66.3 Å². The number of benzene rings is 1. The molecule has 1 aromatic rings. The van der Waals surface area contributed by atoms with Crippen LogP contribution in [0.15, 0.2) is 30.3 Å². The zero-order valence-corrected chi connectivity index (χ0v) is 23.4. The molecule has 0 unspecified atom stereocenters. The van der Waals surface area contributed by atoms with Gasteiger partial charge in [-0.15, -0.1) is 0 Å². The minimum Gasteiger partial charge on any atom is -0.450 e. The summed E-state index contributed by atoms with van der Waals surface area (Å²) in [6.07, 6.45) is -0.924. The van der Waals surface area contributed by atoms with Crippen LogP contribution in [0.1, 0.15) is 64.7 Å². The molecule has 216 valence electrons. The number of rotatable bonds is 15. The maximum absolute atomic E-state index is 13.2. The number of ketones is 1. The molecule has 0 fully saturated rings. The largest absolute Gasteiger partial charge is 0.450 e. The van der Waals surface area contributed by atoms with Crippen molar-refractivity contribution < 1.29 is 33.5 Å². The fourth-order valence-corrected chi connectivity index (χ4v) is 3.62. The van der Waals surface area contributed by atoms with Gasteiger partial charge in [0.2, 0.25) is 23.6 Å². The maximum atomic E-state index is 13.2. The van der Waals surface area contributed by atoms with Crippen LogP contribution in [0.5, 0.6) is 0 Å². The second kappa shape index (κ2) is 16.1. The lowest BCUT2D eigenvalue weighted by molar-refractivity contribution is -0.134. The Kier molecular flexibility index (Phi) is 13.7. The van der Waals surface area contributed by atoms with Crippen LogP contribution in [0, 0.1) is 11.8 Å². The van der Waals surface area contributed by atoms with Crippen LogP contribution in [0.25, 0.3) is 0 Å². The molecule has 12 heteroatoms. The fraction of sp³-hybridized carbons (Fsp3) is 0.556. The van der Waals surface area contributed by atoms with E-state index in [9.17, 15) is 28.8 Å². The van der Waals surface area contributed by atoms with Crippen LogP contribution in [0.2, 0.25) is 0 Å². The number of carbonyl (C=O) groups excluding carboxylic acids is 6. The van der Waals surface area contributed by atoms with Crippen molar-refractivity contribution in [1.82, 2.24) is 21.3 Å². The van der Waals surface area contributed by atoms with Crippen molar-refractivity contribution in [1.29, 1.82) is 0 Å². The van der Waals surface area contributed by atoms with Crippen molar-refractivity contribution in [3.05, 3.63) is 35.9 Å². The number of hydrogen-bond donors (Lipinski definition) is 5. The summed E-state index contributed by atoms with van der Waals surface area (Å²) in [5, 5.41) is 10.0. The first-order valence-corrected chi connectivity index (χ1v) is 13.0. The lowest BCUT2D eigenvalue weighted by Crippen LogP contribution is -2.59. The average Bonchev–Trinajstić information content (AvgIpc) is 2.86. The summed E-state index contributed by atoms with van der Waals surface area (Å²) in [5.74, 6) is -3.46. The third kappa shape index (κ3) is 11.5. The minimum atomic E-state index is -1.32. The first kappa shape index (κ1) is 33.1. The number of primary amides is 1. The van der Waals surface area contributed by atoms with E-state index in [2.05, 4.69) is 21.3 Å². The quantitative estimate of drug-likeness (QED) is 0.203. The molecule has 0 spiro atoms. The normalized spacial score (nSPS) is 13.9. The first-order chi connectivity index (χ1) is 18.3. The molecule has 0 bridgehead atoms. The zero-order chi connectivity index (χ0) is 29.7. The molecule has 5 amide bonds. The summed E-state index contributed by atoms with van der Waals surface area (Å²) in [7, 11) is 0. The Bertz CT molecular complexity index is 1010. The molecular formula is C27H41N5O7. The lowest BCUT2D eigenvalue weighted by atomic mass is 10.00. The van der Waals surface area contributed by atoms with E-state index >= 15 is 0 Å². The van der Waals surface area contributed by atoms with E-state index in [0.717, 1.165) is 0 Å². The van der Waals surface area contributed by atoms with Gasteiger partial charge in [0.15, 0.2) is 5.78 Å². The third-order valence-corrected chi connectivity index (χ3v) is 5.74. The monoisotopic (exact) mass is 547 g/mol. The number of nitrogens with two attached hydrogens (primary N) is 1. The van der Waals surface area contributed by atoms with Gasteiger partial charge in [-0.2, -0.15) is 0 Å². The molecule has 0 aliphatic heterocycles. The highest BCUT2D eigenvalue weighted by Gasteiger charge is 2.32. The average molecular weight is 548 g/mol. The standard InChI is InChI=1S/C27H41N5O7/c1-7-39-27(38)31-20(14-21(33)18-11-9-8-10-12-18)25(36)32-22(16(4)5)26(37)29-17(6)24(35)30-19(23(28)34)13-15(2)3/h8-12,15-17,19-20,22H,7,13-14H2,1-6H3,(H2,28,34)(H,29,37)(H,30,35)(H,31,38)(H,32,36)/t17-,19-,20+,22-/m0/s1. The van der Waals surface area contributed by atoms with E-state index in [1.54, 1.807) is 51.1 Å². The van der Waals surface area contributed by atoms with Crippen molar-refractivity contribution in [2.75, 3.05) is 6.61 Å². The predicted octanol–water partition coefficient (Wildman–Crippen LogP) is 1.04.